The van der Waals surface area contributed by atoms with Gasteiger partial charge in [-0.2, -0.15) is 13.2 Å². The molecular formula is C13H14BrF3N2O. The molecule has 3 nitrogen and oxygen atoms in total. The molecule has 3 N–H and O–H groups in total. The molecule has 0 aliphatic heterocycles. The van der Waals surface area contributed by atoms with Crippen LogP contribution in [0.3, 0.4) is 0 Å². The summed E-state index contributed by atoms with van der Waals surface area (Å²) in [5.74, 6) is 5.95. The third-order valence-corrected chi connectivity index (χ3v) is 3.64. The Bertz CT molecular complexity index is 582. The van der Waals surface area contributed by atoms with Gasteiger partial charge in [-0.15, -0.1) is 0 Å². The van der Waals surface area contributed by atoms with Crippen LogP contribution in [-0.4, -0.2) is 6.18 Å². The van der Waals surface area contributed by atoms with E-state index in [0.717, 1.165) is 9.86 Å². The number of hydrazine groups is 1. The first-order valence-electron chi connectivity index (χ1n) is 6.11. The molecule has 0 saturated heterocycles. The van der Waals surface area contributed by atoms with Gasteiger partial charge in [0.15, 0.2) is 0 Å². The number of nitrogens with two attached hydrogens (primary N) is 1. The van der Waals surface area contributed by atoms with Crippen LogP contribution in [0, 0.1) is 0 Å². The Hall–Kier alpha value is -1.05. The first-order valence-corrected chi connectivity index (χ1v) is 6.91. The lowest BCUT2D eigenvalue weighted by Crippen LogP contribution is -2.28. The normalized spacial score (nSPS) is 13.8. The van der Waals surface area contributed by atoms with Crippen molar-refractivity contribution in [1.29, 1.82) is 0 Å². The SMILES string of the molecule is NNC(CCCC(F)(F)F)c1cc2cccc(Br)c2o1. The van der Waals surface area contributed by atoms with Gasteiger partial charge >= 0.3 is 6.18 Å². The van der Waals surface area contributed by atoms with Crippen molar-refractivity contribution in [3.05, 3.63) is 34.5 Å². The van der Waals surface area contributed by atoms with E-state index in [0.29, 0.717) is 11.3 Å². The molecule has 1 heterocycles. The third-order valence-electron chi connectivity index (χ3n) is 3.01. The fourth-order valence-electron chi connectivity index (χ4n) is 2.03. The van der Waals surface area contributed by atoms with E-state index in [1.165, 1.54) is 0 Å². The molecule has 0 spiro atoms. The molecule has 1 aromatic carbocycles. The van der Waals surface area contributed by atoms with E-state index in [-0.39, 0.29) is 12.8 Å². The summed E-state index contributed by atoms with van der Waals surface area (Å²) in [6.45, 7) is 0. The largest absolute Gasteiger partial charge is 0.458 e. The number of rotatable bonds is 5. The van der Waals surface area contributed by atoms with E-state index >= 15 is 0 Å². The average Bonchev–Trinajstić information content (AvgIpc) is 2.78. The van der Waals surface area contributed by atoms with Gasteiger partial charge in [0.2, 0.25) is 0 Å². The summed E-state index contributed by atoms with van der Waals surface area (Å²) >= 11 is 3.37. The van der Waals surface area contributed by atoms with Crippen LogP contribution in [-0.2, 0) is 0 Å². The Morgan fingerprint density at radius 3 is 2.70 bits per heavy atom. The molecule has 1 atom stereocenters. The van der Waals surface area contributed by atoms with Crippen molar-refractivity contribution in [1.82, 2.24) is 5.43 Å². The zero-order valence-electron chi connectivity index (χ0n) is 10.5. The van der Waals surface area contributed by atoms with Gasteiger partial charge in [-0.3, -0.25) is 5.84 Å². The molecule has 0 bridgehead atoms. The number of benzene rings is 1. The van der Waals surface area contributed by atoms with E-state index in [1.807, 2.05) is 18.2 Å². The quantitative estimate of drug-likeness (QED) is 0.619. The van der Waals surface area contributed by atoms with E-state index in [2.05, 4.69) is 21.4 Å². The molecular weight excluding hydrogens is 337 g/mol. The lowest BCUT2D eigenvalue weighted by molar-refractivity contribution is -0.135. The highest BCUT2D eigenvalue weighted by Gasteiger charge is 2.27. The van der Waals surface area contributed by atoms with Crippen molar-refractivity contribution < 1.29 is 17.6 Å². The summed E-state index contributed by atoms with van der Waals surface area (Å²) in [5, 5.41) is 0.880. The summed E-state index contributed by atoms with van der Waals surface area (Å²) in [6.07, 6.45) is -4.71. The van der Waals surface area contributed by atoms with Gasteiger partial charge in [-0.1, -0.05) is 12.1 Å². The molecule has 0 saturated carbocycles. The zero-order chi connectivity index (χ0) is 14.8. The number of hydrogen-bond acceptors (Lipinski definition) is 3. The summed E-state index contributed by atoms with van der Waals surface area (Å²) < 4.78 is 42.9. The van der Waals surface area contributed by atoms with Crippen LogP contribution in [0.1, 0.15) is 31.1 Å². The number of fused-ring (bicyclic) bond motifs is 1. The minimum absolute atomic E-state index is 0.00339. The summed E-state index contributed by atoms with van der Waals surface area (Å²) in [4.78, 5) is 0. The van der Waals surface area contributed by atoms with Crippen molar-refractivity contribution in [2.75, 3.05) is 0 Å². The number of alkyl halides is 3. The smallest absolute Gasteiger partial charge is 0.389 e. The average molecular weight is 351 g/mol. The highest BCUT2D eigenvalue weighted by molar-refractivity contribution is 9.10. The minimum atomic E-state index is -4.14. The van der Waals surface area contributed by atoms with Gasteiger partial charge in [0, 0.05) is 11.8 Å². The molecule has 0 aliphatic carbocycles. The zero-order valence-corrected chi connectivity index (χ0v) is 12.1. The topological polar surface area (TPSA) is 51.2 Å². The van der Waals surface area contributed by atoms with Crippen LogP contribution < -0.4 is 11.3 Å². The lowest BCUT2D eigenvalue weighted by Gasteiger charge is -2.13. The first-order chi connectivity index (χ1) is 9.40. The van der Waals surface area contributed by atoms with E-state index in [9.17, 15) is 13.2 Å². The van der Waals surface area contributed by atoms with Crippen LogP contribution in [0.5, 0.6) is 0 Å². The first kappa shape index (κ1) is 15.3. The van der Waals surface area contributed by atoms with Crippen molar-refractivity contribution in [3.8, 4) is 0 Å². The van der Waals surface area contributed by atoms with Crippen molar-refractivity contribution in [3.63, 3.8) is 0 Å². The Morgan fingerprint density at radius 2 is 2.10 bits per heavy atom. The molecule has 0 radical (unpaired) electrons. The Kier molecular flexibility index (Phi) is 4.72. The number of nitrogens with one attached hydrogen (secondary N) is 1. The highest BCUT2D eigenvalue weighted by atomic mass is 79.9. The van der Waals surface area contributed by atoms with Crippen molar-refractivity contribution in [2.45, 2.75) is 31.5 Å². The number of furan rings is 1. The Labute approximate surface area is 122 Å². The maximum absolute atomic E-state index is 12.2. The maximum atomic E-state index is 12.2. The molecule has 7 heteroatoms. The van der Waals surface area contributed by atoms with Crippen LogP contribution in [0.4, 0.5) is 13.2 Å². The van der Waals surface area contributed by atoms with Gasteiger partial charge in [0.05, 0.1) is 10.5 Å². The van der Waals surface area contributed by atoms with Crippen molar-refractivity contribution in [2.24, 2.45) is 5.84 Å². The van der Waals surface area contributed by atoms with Gasteiger partial charge in [-0.25, -0.2) is 5.43 Å². The second kappa shape index (κ2) is 6.15. The van der Waals surface area contributed by atoms with E-state index in [4.69, 9.17) is 10.3 Å². The van der Waals surface area contributed by atoms with Gasteiger partial charge in [0.25, 0.3) is 0 Å². The molecule has 1 unspecified atom stereocenters. The summed E-state index contributed by atoms with van der Waals surface area (Å²) in [7, 11) is 0. The van der Waals surface area contributed by atoms with Crippen LogP contribution in [0.15, 0.2) is 33.2 Å². The monoisotopic (exact) mass is 350 g/mol. The van der Waals surface area contributed by atoms with Crippen LogP contribution in [0.25, 0.3) is 11.0 Å². The number of hydrogen-bond donors (Lipinski definition) is 2. The molecule has 2 rings (SSSR count). The van der Waals surface area contributed by atoms with Crippen LogP contribution >= 0.6 is 15.9 Å². The maximum Gasteiger partial charge on any atom is 0.389 e. The van der Waals surface area contributed by atoms with Crippen LogP contribution in [0.2, 0.25) is 0 Å². The van der Waals surface area contributed by atoms with Gasteiger partial charge in [-0.05, 0) is 40.9 Å². The molecule has 1 aromatic heterocycles. The second-order valence-corrected chi connectivity index (χ2v) is 5.39. The summed E-state index contributed by atoms with van der Waals surface area (Å²) in [5.41, 5.74) is 3.17. The highest BCUT2D eigenvalue weighted by Crippen LogP contribution is 2.32. The van der Waals surface area contributed by atoms with Crippen molar-refractivity contribution >= 4 is 26.9 Å². The van der Waals surface area contributed by atoms with E-state index < -0.39 is 18.6 Å². The molecule has 2 aromatic rings. The fraction of sp³-hybridized carbons (Fsp3) is 0.385. The molecule has 20 heavy (non-hydrogen) atoms. The van der Waals surface area contributed by atoms with E-state index in [1.54, 1.807) is 6.07 Å². The Morgan fingerprint density at radius 1 is 1.35 bits per heavy atom. The molecule has 0 fully saturated rings. The third kappa shape index (κ3) is 3.74. The lowest BCUT2D eigenvalue weighted by atomic mass is 10.1. The summed E-state index contributed by atoms with van der Waals surface area (Å²) in [6, 6.07) is 6.93. The standard InChI is InChI=1S/C13H14BrF3N2O/c14-9-4-1-3-8-7-11(20-12(8)9)10(19-18)5-2-6-13(15,16)17/h1,3-4,7,10,19H,2,5-6,18H2. The molecule has 0 amide bonds. The predicted octanol–water partition coefficient (Wildman–Crippen LogP) is 4.43. The second-order valence-electron chi connectivity index (χ2n) is 4.53. The minimum Gasteiger partial charge on any atom is -0.458 e. The predicted molar refractivity (Wildman–Crippen MR) is 73.9 cm³/mol. The fourth-order valence-corrected chi connectivity index (χ4v) is 2.50. The van der Waals surface area contributed by atoms with Gasteiger partial charge in [0.1, 0.15) is 11.3 Å². The number of halogens is 4. The van der Waals surface area contributed by atoms with Gasteiger partial charge < -0.3 is 4.42 Å². The molecule has 110 valence electrons. The number of para-hydroxylation sites is 1. The Balaban J connectivity index is 2.11. The molecule has 0 aliphatic rings.